The van der Waals surface area contributed by atoms with Gasteiger partial charge in [-0.25, -0.2) is 0 Å². The second-order valence-corrected chi connectivity index (χ2v) is 6.65. The van der Waals surface area contributed by atoms with Crippen LogP contribution in [-0.2, 0) is 6.18 Å². The Hall–Kier alpha value is -1.41. The Bertz CT molecular complexity index is 732. The van der Waals surface area contributed by atoms with Gasteiger partial charge in [0.05, 0.1) is 11.1 Å². The van der Waals surface area contributed by atoms with Crippen molar-refractivity contribution in [3.05, 3.63) is 70.6 Å². The summed E-state index contributed by atoms with van der Waals surface area (Å²) in [5, 5.41) is -0.0809. The predicted octanol–water partition coefficient (Wildman–Crippen LogP) is 7.17. The Kier molecular flexibility index (Phi) is 6.26. The van der Waals surface area contributed by atoms with Gasteiger partial charge in [-0.2, -0.15) is 26.3 Å². The highest BCUT2D eigenvalue weighted by Crippen LogP contribution is 2.43. The molecule has 2 aromatic rings. The Labute approximate surface area is 153 Å². The third-order valence-electron chi connectivity index (χ3n) is 3.17. The molecule has 0 aromatic heterocycles. The van der Waals surface area contributed by atoms with Gasteiger partial charge in [0, 0.05) is 15.1 Å². The molecule has 0 heterocycles. The van der Waals surface area contributed by atoms with E-state index in [0.717, 1.165) is 23.9 Å². The van der Waals surface area contributed by atoms with E-state index in [1.807, 2.05) is 0 Å². The second kappa shape index (κ2) is 7.86. The van der Waals surface area contributed by atoms with Crippen LogP contribution in [0.3, 0.4) is 0 Å². The molecule has 0 nitrogen and oxygen atoms in total. The number of alkyl halides is 7. The molecular formula is C17H11BrF6S. The van der Waals surface area contributed by atoms with Crippen molar-refractivity contribution in [3.8, 4) is 0 Å². The topological polar surface area (TPSA) is 0 Å². The van der Waals surface area contributed by atoms with Crippen molar-refractivity contribution in [3.63, 3.8) is 0 Å². The standard InChI is InChI=1S/C17H11BrF6S/c18-10-14(25-13-4-2-1-3-5-13)15(17(22,23)24)11-6-8-12(9-7-11)16(19,20)21/h1-9H,10H2/b15-14-. The lowest BCUT2D eigenvalue weighted by Crippen LogP contribution is -2.14. The minimum absolute atomic E-state index is 0.0292. The predicted molar refractivity (Wildman–Crippen MR) is 90.5 cm³/mol. The van der Waals surface area contributed by atoms with E-state index in [0.29, 0.717) is 17.0 Å². The van der Waals surface area contributed by atoms with Crippen molar-refractivity contribution in [1.29, 1.82) is 0 Å². The van der Waals surface area contributed by atoms with Gasteiger partial charge in [-0.1, -0.05) is 58.0 Å². The van der Waals surface area contributed by atoms with Crippen molar-refractivity contribution in [2.45, 2.75) is 17.2 Å². The molecule has 0 atom stereocenters. The van der Waals surface area contributed by atoms with E-state index < -0.39 is 23.5 Å². The first-order valence-electron chi connectivity index (χ1n) is 6.90. The van der Waals surface area contributed by atoms with E-state index in [-0.39, 0.29) is 15.8 Å². The number of halogens is 7. The van der Waals surface area contributed by atoms with Crippen molar-refractivity contribution < 1.29 is 26.3 Å². The third-order valence-corrected chi connectivity index (χ3v) is 5.20. The molecule has 0 radical (unpaired) electrons. The quantitative estimate of drug-likeness (QED) is 0.276. The lowest BCUT2D eigenvalue weighted by molar-refractivity contribution is -0.137. The van der Waals surface area contributed by atoms with E-state index in [1.165, 1.54) is 0 Å². The summed E-state index contributed by atoms with van der Waals surface area (Å²) in [4.78, 5) is 0.573. The molecule has 0 bridgehead atoms. The molecule has 0 aliphatic rings. The summed E-state index contributed by atoms with van der Waals surface area (Å²) >= 11 is 3.97. The molecule has 0 N–H and O–H groups in total. The van der Waals surface area contributed by atoms with Crippen LogP contribution in [-0.4, -0.2) is 11.5 Å². The van der Waals surface area contributed by atoms with Crippen molar-refractivity contribution in [1.82, 2.24) is 0 Å². The van der Waals surface area contributed by atoms with E-state index in [1.54, 1.807) is 30.3 Å². The number of rotatable bonds is 4. The maximum atomic E-state index is 13.6. The third kappa shape index (κ3) is 5.28. The smallest absolute Gasteiger partial charge is 0.166 e. The number of allylic oxidation sites excluding steroid dienone is 2. The Morgan fingerprint density at radius 2 is 1.40 bits per heavy atom. The van der Waals surface area contributed by atoms with E-state index in [9.17, 15) is 26.3 Å². The molecule has 0 saturated carbocycles. The van der Waals surface area contributed by atoms with Gasteiger partial charge in [-0.3, -0.25) is 0 Å². The molecule has 0 unspecified atom stereocenters. The van der Waals surface area contributed by atoms with Crippen LogP contribution >= 0.6 is 27.7 Å². The summed E-state index contributed by atoms with van der Waals surface area (Å²) in [6.07, 6.45) is -9.30. The van der Waals surface area contributed by atoms with Crippen molar-refractivity contribution in [2.24, 2.45) is 0 Å². The molecule has 2 aromatic carbocycles. The minimum Gasteiger partial charge on any atom is -0.166 e. The first-order chi connectivity index (χ1) is 11.6. The van der Waals surface area contributed by atoms with E-state index >= 15 is 0 Å². The number of hydrogen-bond acceptors (Lipinski definition) is 1. The van der Waals surface area contributed by atoms with Gasteiger partial charge < -0.3 is 0 Å². The van der Waals surface area contributed by atoms with Gasteiger partial charge in [-0.15, -0.1) is 0 Å². The number of hydrogen-bond donors (Lipinski definition) is 0. The highest BCUT2D eigenvalue weighted by Gasteiger charge is 2.38. The molecule has 0 saturated heterocycles. The normalized spacial score (nSPS) is 13.6. The van der Waals surface area contributed by atoms with Gasteiger partial charge in [0.2, 0.25) is 0 Å². The summed E-state index contributed by atoms with van der Waals surface area (Å²) in [6.45, 7) is 0. The Balaban J connectivity index is 2.50. The van der Waals surface area contributed by atoms with E-state index in [2.05, 4.69) is 15.9 Å². The second-order valence-electron chi connectivity index (χ2n) is 4.92. The average Bonchev–Trinajstić information content (AvgIpc) is 2.53. The lowest BCUT2D eigenvalue weighted by Gasteiger charge is -2.17. The minimum atomic E-state index is -4.70. The van der Waals surface area contributed by atoms with Crippen LogP contribution in [0.2, 0.25) is 0 Å². The monoisotopic (exact) mass is 440 g/mol. The summed E-state index contributed by atoms with van der Waals surface area (Å²) < 4.78 is 78.6. The molecule has 2 rings (SSSR count). The summed E-state index contributed by atoms with van der Waals surface area (Å²) in [6, 6.07) is 11.4. The molecule has 25 heavy (non-hydrogen) atoms. The van der Waals surface area contributed by atoms with Gasteiger partial charge >= 0.3 is 12.4 Å². The van der Waals surface area contributed by atoms with Crippen LogP contribution in [0.5, 0.6) is 0 Å². The summed E-state index contributed by atoms with van der Waals surface area (Å²) in [7, 11) is 0. The van der Waals surface area contributed by atoms with E-state index in [4.69, 9.17) is 0 Å². The fourth-order valence-corrected chi connectivity index (χ4v) is 3.68. The Morgan fingerprint density at radius 3 is 1.84 bits per heavy atom. The Morgan fingerprint density at radius 1 is 0.840 bits per heavy atom. The molecule has 8 heteroatoms. The average molecular weight is 441 g/mol. The molecule has 0 fully saturated rings. The van der Waals surface area contributed by atoms with Crippen LogP contribution in [0.15, 0.2) is 64.4 Å². The fraction of sp³-hybridized carbons (Fsp3) is 0.176. The zero-order valence-electron chi connectivity index (χ0n) is 12.5. The highest BCUT2D eigenvalue weighted by molar-refractivity contribution is 9.09. The van der Waals surface area contributed by atoms with Crippen molar-refractivity contribution in [2.75, 3.05) is 5.33 Å². The fourth-order valence-electron chi connectivity index (χ4n) is 2.08. The van der Waals surface area contributed by atoms with Gasteiger partial charge in [0.25, 0.3) is 0 Å². The summed E-state index contributed by atoms with van der Waals surface area (Å²) in [5.41, 5.74) is -2.25. The zero-order chi connectivity index (χ0) is 18.7. The first-order valence-corrected chi connectivity index (χ1v) is 8.83. The van der Waals surface area contributed by atoms with Crippen LogP contribution < -0.4 is 0 Å². The molecule has 0 aliphatic carbocycles. The van der Waals surface area contributed by atoms with Crippen LogP contribution in [0.25, 0.3) is 5.57 Å². The van der Waals surface area contributed by atoms with Crippen LogP contribution in [0, 0.1) is 0 Å². The van der Waals surface area contributed by atoms with Gasteiger partial charge in [-0.05, 0) is 29.8 Å². The maximum Gasteiger partial charge on any atom is 0.417 e. The first kappa shape index (κ1) is 19.9. The largest absolute Gasteiger partial charge is 0.417 e. The van der Waals surface area contributed by atoms with Crippen LogP contribution in [0.1, 0.15) is 11.1 Å². The SMILES string of the molecule is FC(F)(F)/C(=C(/CBr)Sc1ccccc1)c1ccc(C(F)(F)F)cc1. The molecule has 0 amide bonds. The number of thioether (sulfide) groups is 1. The maximum absolute atomic E-state index is 13.6. The van der Waals surface area contributed by atoms with Gasteiger partial charge in [0.15, 0.2) is 0 Å². The summed E-state index contributed by atoms with van der Waals surface area (Å²) in [5.74, 6) is 0. The molecular weight excluding hydrogens is 430 g/mol. The van der Waals surface area contributed by atoms with Crippen LogP contribution in [0.4, 0.5) is 26.3 Å². The molecule has 0 spiro atoms. The lowest BCUT2D eigenvalue weighted by atomic mass is 10.0. The zero-order valence-corrected chi connectivity index (χ0v) is 14.9. The van der Waals surface area contributed by atoms with Gasteiger partial charge in [0.1, 0.15) is 0 Å². The number of benzene rings is 2. The highest BCUT2D eigenvalue weighted by atomic mass is 79.9. The molecule has 0 aliphatic heterocycles. The molecule has 134 valence electrons. The van der Waals surface area contributed by atoms with Crippen molar-refractivity contribution >= 4 is 33.3 Å².